The SMILES string of the molecule is Cc1sc2ncnc(Nc3ccc(Br)cc3C(=O)O)c2c1-c1ccc(Br)cc1. The third-order valence-corrected chi connectivity index (χ3v) is 6.30. The molecule has 2 N–H and O–H groups in total. The monoisotopic (exact) mass is 517 g/mol. The van der Waals surface area contributed by atoms with Gasteiger partial charge in [-0.05, 0) is 42.8 Å². The van der Waals surface area contributed by atoms with Gasteiger partial charge in [0.25, 0.3) is 0 Å². The summed E-state index contributed by atoms with van der Waals surface area (Å²) in [6.45, 7) is 2.05. The molecule has 4 rings (SSSR count). The molecule has 0 saturated heterocycles. The van der Waals surface area contributed by atoms with Gasteiger partial charge in [0.2, 0.25) is 0 Å². The molecule has 0 fully saturated rings. The first kappa shape index (κ1) is 19.0. The molecule has 0 radical (unpaired) electrons. The van der Waals surface area contributed by atoms with Crippen molar-refractivity contribution in [2.24, 2.45) is 0 Å². The van der Waals surface area contributed by atoms with E-state index < -0.39 is 5.97 Å². The molecule has 0 aliphatic heterocycles. The molecule has 0 aliphatic rings. The normalized spacial score (nSPS) is 11.0. The summed E-state index contributed by atoms with van der Waals surface area (Å²) in [5.41, 5.74) is 2.74. The maximum Gasteiger partial charge on any atom is 0.337 e. The number of nitrogens with zero attached hydrogens (tertiary/aromatic N) is 2. The Morgan fingerprint density at radius 2 is 1.79 bits per heavy atom. The van der Waals surface area contributed by atoms with Crippen LogP contribution in [0.25, 0.3) is 21.3 Å². The Bertz CT molecular complexity index is 1210. The molecule has 2 aromatic heterocycles. The van der Waals surface area contributed by atoms with Crippen molar-refractivity contribution in [3.63, 3.8) is 0 Å². The topological polar surface area (TPSA) is 75.1 Å². The minimum atomic E-state index is -1.01. The molecule has 0 unspecified atom stereocenters. The average molecular weight is 519 g/mol. The predicted octanol–water partition coefficient (Wildman–Crippen LogP) is 6.63. The maximum atomic E-state index is 11.7. The summed E-state index contributed by atoms with van der Waals surface area (Å²) in [6, 6.07) is 13.1. The van der Waals surface area contributed by atoms with Crippen LogP contribution in [0.1, 0.15) is 15.2 Å². The lowest BCUT2D eigenvalue weighted by atomic mass is 10.0. The van der Waals surface area contributed by atoms with Crippen molar-refractivity contribution >= 4 is 70.9 Å². The van der Waals surface area contributed by atoms with Crippen LogP contribution in [0, 0.1) is 6.92 Å². The van der Waals surface area contributed by atoms with E-state index in [-0.39, 0.29) is 5.56 Å². The van der Waals surface area contributed by atoms with E-state index in [0.29, 0.717) is 16.0 Å². The van der Waals surface area contributed by atoms with Gasteiger partial charge in [0.1, 0.15) is 17.0 Å². The second-order valence-corrected chi connectivity index (χ2v) is 9.10. The van der Waals surface area contributed by atoms with Crippen LogP contribution in [0.15, 0.2) is 57.7 Å². The Kier molecular flexibility index (Phi) is 5.18. The van der Waals surface area contributed by atoms with Crippen LogP contribution in [0.2, 0.25) is 0 Å². The Morgan fingerprint density at radius 3 is 2.50 bits per heavy atom. The van der Waals surface area contributed by atoms with Crippen LogP contribution < -0.4 is 5.32 Å². The molecule has 0 aliphatic carbocycles. The van der Waals surface area contributed by atoms with E-state index in [2.05, 4.69) is 54.1 Å². The van der Waals surface area contributed by atoms with Gasteiger partial charge in [-0.25, -0.2) is 14.8 Å². The van der Waals surface area contributed by atoms with Crippen molar-refractivity contribution in [2.75, 3.05) is 5.32 Å². The number of halogens is 2. The third-order valence-electron chi connectivity index (χ3n) is 4.26. The number of carboxylic acid groups (broad SMARTS) is 1. The van der Waals surface area contributed by atoms with Crippen molar-refractivity contribution < 1.29 is 9.90 Å². The van der Waals surface area contributed by atoms with Crippen LogP contribution in [0.5, 0.6) is 0 Å². The minimum Gasteiger partial charge on any atom is -0.478 e. The molecule has 0 amide bonds. The molecule has 28 heavy (non-hydrogen) atoms. The zero-order chi connectivity index (χ0) is 19.8. The van der Waals surface area contributed by atoms with Crippen molar-refractivity contribution in [1.29, 1.82) is 0 Å². The summed E-state index contributed by atoms with van der Waals surface area (Å²) >= 11 is 8.38. The number of carbonyl (C=O) groups is 1. The van der Waals surface area contributed by atoms with Gasteiger partial charge in [-0.2, -0.15) is 0 Å². The first-order valence-corrected chi connectivity index (χ1v) is 10.6. The maximum absolute atomic E-state index is 11.7. The highest BCUT2D eigenvalue weighted by molar-refractivity contribution is 9.10. The number of fused-ring (bicyclic) bond motifs is 1. The minimum absolute atomic E-state index is 0.165. The number of aromatic nitrogens is 2. The summed E-state index contributed by atoms with van der Waals surface area (Å²) in [7, 11) is 0. The van der Waals surface area contributed by atoms with Gasteiger partial charge >= 0.3 is 5.97 Å². The Labute approximate surface area is 181 Å². The van der Waals surface area contributed by atoms with E-state index in [9.17, 15) is 9.90 Å². The molecule has 8 heteroatoms. The van der Waals surface area contributed by atoms with E-state index in [1.54, 1.807) is 29.5 Å². The quantitative estimate of drug-likeness (QED) is 0.317. The van der Waals surface area contributed by atoms with Gasteiger partial charge in [0.05, 0.1) is 16.6 Å². The lowest BCUT2D eigenvalue weighted by Gasteiger charge is -2.11. The van der Waals surface area contributed by atoms with Crippen molar-refractivity contribution in [3.05, 3.63) is 68.2 Å². The highest BCUT2D eigenvalue weighted by Gasteiger charge is 2.18. The second kappa shape index (κ2) is 7.62. The summed E-state index contributed by atoms with van der Waals surface area (Å²) in [6.07, 6.45) is 1.49. The molecule has 4 aromatic rings. The molecule has 5 nitrogen and oxygen atoms in total. The number of benzene rings is 2. The number of hydrogen-bond acceptors (Lipinski definition) is 5. The summed E-state index contributed by atoms with van der Waals surface area (Å²) in [4.78, 5) is 22.5. The van der Waals surface area contributed by atoms with Crippen molar-refractivity contribution in [1.82, 2.24) is 9.97 Å². The van der Waals surface area contributed by atoms with Crippen LogP contribution in [0.4, 0.5) is 11.5 Å². The van der Waals surface area contributed by atoms with E-state index in [4.69, 9.17) is 0 Å². The zero-order valence-corrected chi connectivity index (χ0v) is 18.5. The van der Waals surface area contributed by atoms with Gasteiger partial charge < -0.3 is 10.4 Å². The second-order valence-electron chi connectivity index (χ2n) is 6.06. The Hall–Kier alpha value is -2.29. The van der Waals surface area contributed by atoms with E-state index >= 15 is 0 Å². The number of hydrogen-bond donors (Lipinski definition) is 2. The molecule has 0 bridgehead atoms. The lowest BCUT2D eigenvalue weighted by molar-refractivity contribution is 0.0698. The highest BCUT2D eigenvalue weighted by atomic mass is 79.9. The number of rotatable bonds is 4. The smallest absolute Gasteiger partial charge is 0.337 e. The number of thiophene rings is 1. The largest absolute Gasteiger partial charge is 0.478 e. The first-order valence-electron chi connectivity index (χ1n) is 8.24. The molecule has 0 spiro atoms. The fourth-order valence-corrected chi connectivity index (χ4v) is 4.67. The first-order chi connectivity index (χ1) is 13.4. The van der Waals surface area contributed by atoms with Crippen LogP contribution in [-0.2, 0) is 0 Å². The van der Waals surface area contributed by atoms with Gasteiger partial charge in [-0.1, -0.05) is 44.0 Å². The third kappa shape index (κ3) is 3.55. The van der Waals surface area contributed by atoms with Gasteiger partial charge in [0.15, 0.2) is 0 Å². The summed E-state index contributed by atoms with van der Waals surface area (Å²) in [5, 5.41) is 13.6. The van der Waals surface area contributed by atoms with Crippen LogP contribution in [0.3, 0.4) is 0 Å². The average Bonchev–Trinajstić information content (AvgIpc) is 3.00. The number of anilines is 2. The molecule has 140 valence electrons. The number of aromatic carboxylic acids is 1. The fourth-order valence-electron chi connectivity index (χ4n) is 3.03. The van der Waals surface area contributed by atoms with E-state index in [1.807, 2.05) is 24.3 Å². The number of nitrogens with one attached hydrogen (secondary N) is 1. The lowest BCUT2D eigenvalue weighted by Crippen LogP contribution is -2.04. The van der Waals surface area contributed by atoms with Crippen LogP contribution >= 0.6 is 43.2 Å². The van der Waals surface area contributed by atoms with Gasteiger partial charge in [-0.15, -0.1) is 11.3 Å². The predicted molar refractivity (Wildman–Crippen MR) is 120 cm³/mol. The number of carboxylic acids is 1. The van der Waals surface area contributed by atoms with E-state index in [1.165, 1.54) is 6.33 Å². The van der Waals surface area contributed by atoms with Gasteiger partial charge in [0, 0.05) is 19.4 Å². The van der Waals surface area contributed by atoms with E-state index in [0.717, 1.165) is 30.7 Å². The summed E-state index contributed by atoms with van der Waals surface area (Å²) in [5.74, 6) is -0.430. The van der Waals surface area contributed by atoms with Crippen molar-refractivity contribution in [3.8, 4) is 11.1 Å². The Morgan fingerprint density at radius 1 is 1.07 bits per heavy atom. The molecule has 2 heterocycles. The highest BCUT2D eigenvalue weighted by Crippen LogP contribution is 2.41. The van der Waals surface area contributed by atoms with Crippen molar-refractivity contribution in [2.45, 2.75) is 6.92 Å². The summed E-state index contributed by atoms with van der Waals surface area (Å²) < 4.78 is 1.70. The molecular formula is C20H13Br2N3O2S. The van der Waals surface area contributed by atoms with Gasteiger partial charge in [-0.3, -0.25) is 0 Å². The molecular weight excluding hydrogens is 506 g/mol. The molecule has 2 aromatic carbocycles. The zero-order valence-electron chi connectivity index (χ0n) is 14.5. The Balaban J connectivity index is 1.90. The molecule has 0 saturated carbocycles. The van der Waals surface area contributed by atoms with Crippen LogP contribution in [-0.4, -0.2) is 21.0 Å². The number of aryl methyl sites for hydroxylation is 1. The molecule has 0 atom stereocenters. The fraction of sp³-hybridized carbons (Fsp3) is 0.0500. The standard InChI is InChI=1S/C20H13Br2N3O2S/c1-10-16(11-2-4-12(21)5-3-11)17-18(23-9-24-19(17)28-10)25-15-7-6-13(22)8-14(15)20(26)27/h2-9H,1H3,(H,26,27)(H,23,24,25).